The van der Waals surface area contributed by atoms with E-state index in [9.17, 15) is 9.90 Å². The predicted molar refractivity (Wildman–Crippen MR) is 86.3 cm³/mol. The minimum absolute atomic E-state index is 0.0780. The monoisotopic (exact) mass is 300 g/mol. The molecule has 2 rings (SSSR count). The molecule has 0 bridgehead atoms. The molecular weight excluding hydrogens is 284 g/mol. The number of thiocarbonyl (C=S) groups is 1. The highest BCUT2D eigenvalue weighted by molar-refractivity contribution is 7.80. The van der Waals surface area contributed by atoms with E-state index in [0.29, 0.717) is 11.1 Å². The van der Waals surface area contributed by atoms with Crippen LogP contribution in [0.2, 0.25) is 0 Å². The average molecular weight is 300 g/mol. The third-order valence-corrected chi connectivity index (χ3v) is 3.40. The maximum Gasteiger partial charge on any atom is 0.252 e. The standard InChI is InChI=1S/C16H16N2O2S/c1-10-7-8-12(9-13(10)19)16(20)18-14(15(17)21)11-5-3-2-4-6-11/h2-9,14,19H,1H3,(H2,17,21)(H,18,20). The highest BCUT2D eigenvalue weighted by atomic mass is 32.1. The summed E-state index contributed by atoms with van der Waals surface area (Å²) in [6.45, 7) is 1.76. The molecule has 0 fully saturated rings. The second-order valence-electron chi connectivity index (χ2n) is 4.72. The number of nitrogens with one attached hydrogen (secondary N) is 1. The zero-order valence-electron chi connectivity index (χ0n) is 11.5. The maximum atomic E-state index is 12.3. The van der Waals surface area contributed by atoms with Crippen LogP contribution in [-0.4, -0.2) is 16.0 Å². The van der Waals surface area contributed by atoms with E-state index in [1.54, 1.807) is 19.1 Å². The van der Waals surface area contributed by atoms with Crippen LogP contribution >= 0.6 is 12.2 Å². The van der Waals surface area contributed by atoms with E-state index in [0.717, 1.165) is 5.56 Å². The van der Waals surface area contributed by atoms with E-state index in [-0.39, 0.29) is 16.6 Å². The van der Waals surface area contributed by atoms with Crippen molar-refractivity contribution in [3.63, 3.8) is 0 Å². The number of aromatic hydroxyl groups is 1. The van der Waals surface area contributed by atoms with Gasteiger partial charge in [0.05, 0.1) is 0 Å². The molecule has 0 heterocycles. The Labute approximate surface area is 128 Å². The number of phenols is 1. The largest absolute Gasteiger partial charge is 0.508 e. The molecule has 0 aliphatic rings. The molecule has 0 saturated carbocycles. The molecule has 0 saturated heterocycles. The minimum Gasteiger partial charge on any atom is -0.508 e. The molecule has 4 N–H and O–H groups in total. The number of phenolic OH excluding ortho intramolecular Hbond substituents is 1. The van der Waals surface area contributed by atoms with Crippen molar-refractivity contribution in [3.8, 4) is 5.75 Å². The summed E-state index contributed by atoms with van der Waals surface area (Å²) < 4.78 is 0. The van der Waals surface area contributed by atoms with Crippen molar-refractivity contribution >= 4 is 23.1 Å². The van der Waals surface area contributed by atoms with E-state index < -0.39 is 6.04 Å². The number of rotatable bonds is 4. The number of carbonyl (C=O) groups is 1. The lowest BCUT2D eigenvalue weighted by molar-refractivity contribution is 0.0946. The summed E-state index contributed by atoms with van der Waals surface area (Å²) in [4.78, 5) is 12.4. The van der Waals surface area contributed by atoms with Crippen molar-refractivity contribution in [2.45, 2.75) is 13.0 Å². The van der Waals surface area contributed by atoms with Gasteiger partial charge in [-0.15, -0.1) is 0 Å². The Morgan fingerprint density at radius 3 is 2.48 bits per heavy atom. The maximum absolute atomic E-state index is 12.3. The zero-order valence-corrected chi connectivity index (χ0v) is 12.4. The van der Waals surface area contributed by atoms with Gasteiger partial charge in [-0.3, -0.25) is 4.79 Å². The summed E-state index contributed by atoms with van der Waals surface area (Å²) in [7, 11) is 0. The molecule has 1 atom stereocenters. The Hall–Kier alpha value is -2.40. The van der Waals surface area contributed by atoms with Crippen LogP contribution < -0.4 is 11.1 Å². The number of hydrogen-bond donors (Lipinski definition) is 3. The van der Waals surface area contributed by atoms with Crippen molar-refractivity contribution in [2.75, 3.05) is 0 Å². The van der Waals surface area contributed by atoms with Crippen molar-refractivity contribution in [1.29, 1.82) is 0 Å². The topological polar surface area (TPSA) is 75.4 Å². The third kappa shape index (κ3) is 3.58. The van der Waals surface area contributed by atoms with Crippen LogP contribution in [0.1, 0.15) is 27.5 Å². The Morgan fingerprint density at radius 2 is 1.90 bits per heavy atom. The van der Waals surface area contributed by atoms with Gasteiger partial charge >= 0.3 is 0 Å². The van der Waals surface area contributed by atoms with E-state index in [2.05, 4.69) is 5.32 Å². The van der Waals surface area contributed by atoms with E-state index >= 15 is 0 Å². The predicted octanol–water partition coefficient (Wildman–Crippen LogP) is 2.46. The first-order valence-electron chi connectivity index (χ1n) is 6.44. The van der Waals surface area contributed by atoms with Crippen LogP contribution in [0.5, 0.6) is 5.75 Å². The molecule has 108 valence electrons. The minimum atomic E-state index is -0.544. The molecule has 0 aliphatic carbocycles. The van der Waals surface area contributed by atoms with Crippen molar-refractivity contribution in [1.82, 2.24) is 5.32 Å². The fraction of sp³-hybridized carbons (Fsp3) is 0.125. The first-order chi connectivity index (χ1) is 9.99. The highest BCUT2D eigenvalue weighted by Gasteiger charge is 2.18. The van der Waals surface area contributed by atoms with Gasteiger partial charge in [0, 0.05) is 5.56 Å². The Bertz CT molecular complexity index is 671. The first kappa shape index (κ1) is 15.0. The number of carbonyl (C=O) groups excluding carboxylic acids is 1. The molecule has 0 aromatic heterocycles. The molecule has 2 aromatic carbocycles. The lowest BCUT2D eigenvalue weighted by Crippen LogP contribution is -2.36. The smallest absolute Gasteiger partial charge is 0.252 e. The Morgan fingerprint density at radius 1 is 1.24 bits per heavy atom. The summed E-state index contributed by atoms with van der Waals surface area (Å²) in [6, 6.07) is 13.5. The van der Waals surface area contributed by atoms with E-state index in [1.807, 2.05) is 30.3 Å². The van der Waals surface area contributed by atoms with E-state index in [4.69, 9.17) is 18.0 Å². The number of benzene rings is 2. The SMILES string of the molecule is Cc1ccc(C(=O)NC(C(N)=S)c2ccccc2)cc1O. The van der Waals surface area contributed by atoms with Crippen LogP contribution in [0.3, 0.4) is 0 Å². The summed E-state index contributed by atoms with van der Waals surface area (Å²) in [5.41, 5.74) is 7.60. The normalized spacial score (nSPS) is 11.7. The van der Waals surface area contributed by atoms with Gasteiger partial charge < -0.3 is 16.2 Å². The molecule has 4 nitrogen and oxygen atoms in total. The van der Waals surface area contributed by atoms with Crippen LogP contribution in [-0.2, 0) is 0 Å². The molecular formula is C16H16N2O2S. The lowest BCUT2D eigenvalue weighted by atomic mass is 10.1. The summed E-state index contributed by atoms with van der Waals surface area (Å²) in [5, 5.41) is 12.5. The zero-order chi connectivity index (χ0) is 15.4. The lowest BCUT2D eigenvalue weighted by Gasteiger charge is -2.18. The second kappa shape index (κ2) is 6.37. The molecule has 1 amide bonds. The van der Waals surface area contributed by atoms with Gasteiger partial charge in [0.25, 0.3) is 5.91 Å². The van der Waals surface area contributed by atoms with Gasteiger partial charge in [-0.25, -0.2) is 0 Å². The molecule has 0 spiro atoms. The van der Waals surface area contributed by atoms with Crippen molar-refractivity contribution < 1.29 is 9.90 Å². The van der Waals surface area contributed by atoms with Gasteiger partial charge in [0.15, 0.2) is 0 Å². The molecule has 0 aliphatic heterocycles. The fourth-order valence-electron chi connectivity index (χ4n) is 1.93. The molecule has 2 aromatic rings. The number of amides is 1. The molecule has 21 heavy (non-hydrogen) atoms. The average Bonchev–Trinajstić information content (AvgIpc) is 2.48. The van der Waals surface area contributed by atoms with Crippen LogP contribution in [0, 0.1) is 6.92 Å². The van der Waals surface area contributed by atoms with Gasteiger partial charge in [-0.05, 0) is 30.2 Å². The van der Waals surface area contributed by atoms with Gasteiger partial charge in [0.1, 0.15) is 16.8 Å². The number of hydrogen-bond acceptors (Lipinski definition) is 3. The van der Waals surface area contributed by atoms with Crippen molar-refractivity contribution in [2.24, 2.45) is 5.73 Å². The molecule has 0 radical (unpaired) electrons. The Balaban J connectivity index is 2.23. The molecule has 5 heteroatoms. The van der Waals surface area contributed by atoms with Gasteiger partial charge in [-0.1, -0.05) is 48.6 Å². The first-order valence-corrected chi connectivity index (χ1v) is 6.84. The summed E-state index contributed by atoms with van der Waals surface area (Å²) in [5.74, 6) is -0.263. The fourth-order valence-corrected chi connectivity index (χ4v) is 2.12. The second-order valence-corrected chi connectivity index (χ2v) is 5.19. The summed E-state index contributed by atoms with van der Waals surface area (Å²) >= 11 is 5.03. The van der Waals surface area contributed by atoms with Crippen LogP contribution in [0.15, 0.2) is 48.5 Å². The molecule has 1 unspecified atom stereocenters. The number of aryl methyl sites for hydroxylation is 1. The van der Waals surface area contributed by atoms with E-state index in [1.165, 1.54) is 6.07 Å². The quantitative estimate of drug-likeness (QED) is 0.758. The van der Waals surface area contributed by atoms with Gasteiger partial charge in [0.2, 0.25) is 0 Å². The number of nitrogens with two attached hydrogens (primary N) is 1. The Kier molecular flexibility index (Phi) is 4.55. The summed E-state index contributed by atoms with van der Waals surface area (Å²) in [6.07, 6.45) is 0. The van der Waals surface area contributed by atoms with Gasteiger partial charge in [-0.2, -0.15) is 0 Å². The van der Waals surface area contributed by atoms with Crippen LogP contribution in [0.4, 0.5) is 0 Å². The highest BCUT2D eigenvalue weighted by Crippen LogP contribution is 2.19. The third-order valence-electron chi connectivity index (χ3n) is 3.16. The van der Waals surface area contributed by atoms with Crippen LogP contribution in [0.25, 0.3) is 0 Å². The van der Waals surface area contributed by atoms with Crippen molar-refractivity contribution in [3.05, 3.63) is 65.2 Å².